The zero-order valence-electron chi connectivity index (χ0n) is 9.09. The lowest BCUT2D eigenvalue weighted by Gasteiger charge is -2.16. The lowest BCUT2D eigenvalue weighted by molar-refractivity contribution is 0.596. The molecule has 0 radical (unpaired) electrons. The highest BCUT2D eigenvalue weighted by Crippen LogP contribution is 2.15. The van der Waals surface area contributed by atoms with Crippen molar-refractivity contribution in [3.63, 3.8) is 0 Å². The molecule has 0 spiro atoms. The Balaban J connectivity index is 2.68. The molecule has 5 heteroatoms. The molecule has 2 unspecified atom stereocenters. The van der Waals surface area contributed by atoms with Gasteiger partial charge in [-0.1, -0.05) is 0 Å². The summed E-state index contributed by atoms with van der Waals surface area (Å²) in [6.45, 7) is 5.45. The molecule has 1 N–H and O–H groups in total. The quantitative estimate of drug-likeness (QED) is 0.810. The van der Waals surface area contributed by atoms with Crippen LogP contribution in [0.5, 0.6) is 0 Å². The van der Waals surface area contributed by atoms with Crippen LogP contribution in [0.1, 0.15) is 26.0 Å². The summed E-state index contributed by atoms with van der Waals surface area (Å²) in [7, 11) is 0. The van der Waals surface area contributed by atoms with Gasteiger partial charge in [0.25, 0.3) is 0 Å². The van der Waals surface area contributed by atoms with Gasteiger partial charge in [-0.15, -0.1) is 11.6 Å². The average molecular weight is 232 g/mol. The van der Waals surface area contributed by atoms with E-state index < -0.39 is 5.82 Å². The van der Waals surface area contributed by atoms with Gasteiger partial charge in [0, 0.05) is 11.4 Å². The minimum absolute atomic E-state index is 0.0542. The molecule has 0 aliphatic carbocycles. The van der Waals surface area contributed by atoms with E-state index in [4.69, 9.17) is 11.6 Å². The number of rotatable bonds is 4. The molecule has 2 atom stereocenters. The molecule has 0 saturated heterocycles. The van der Waals surface area contributed by atoms with Crippen LogP contribution in [0.25, 0.3) is 0 Å². The average Bonchev–Trinajstić information content (AvgIpc) is 2.11. The summed E-state index contributed by atoms with van der Waals surface area (Å²) in [4.78, 5) is 7.60. The normalized spacial score (nSPS) is 14.7. The first-order valence-electron chi connectivity index (χ1n) is 4.88. The third kappa shape index (κ3) is 3.63. The summed E-state index contributed by atoms with van der Waals surface area (Å²) in [5.74, 6) is -0.154. The third-order valence-electron chi connectivity index (χ3n) is 2.03. The smallest absolute Gasteiger partial charge is 0.186 e. The molecule has 0 amide bonds. The molecular formula is C10H15ClFN3. The topological polar surface area (TPSA) is 37.8 Å². The molecule has 0 fully saturated rings. The van der Waals surface area contributed by atoms with Gasteiger partial charge in [-0.2, -0.15) is 0 Å². The van der Waals surface area contributed by atoms with Gasteiger partial charge in [0.05, 0.1) is 5.69 Å². The van der Waals surface area contributed by atoms with E-state index in [1.54, 1.807) is 6.92 Å². The van der Waals surface area contributed by atoms with Gasteiger partial charge in [-0.25, -0.2) is 14.4 Å². The van der Waals surface area contributed by atoms with Crippen LogP contribution >= 0.6 is 11.6 Å². The third-order valence-corrected chi connectivity index (χ3v) is 2.20. The van der Waals surface area contributed by atoms with Crippen molar-refractivity contribution < 1.29 is 4.39 Å². The van der Waals surface area contributed by atoms with Gasteiger partial charge in [0.1, 0.15) is 6.33 Å². The number of aryl methyl sites for hydroxylation is 1. The van der Waals surface area contributed by atoms with Crippen molar-refractivity contribution in [1.82, 2.24) is 9.97 Å². The Hall–Kier alpha value is -0.900. The number of hydrogen-bond acceptors (Lipinski definition) is 3. The number of anilines is 1. The first-order valence-corrected chi connectivity index (χ1v) is 5.32. The first-order chi connectivity index (χ1) is 7.00. The van der Waals surface area contributed by atoms with Crippen LogP contribution < -0.4 is 5.32 Å². The Morgan fingerprint density at radius 2 is 2.13 bits per heavy atom. The van der Waals surface area contributed by atoms with Crippen LogP contribution in [0.2, 0.25) is 0 Å². The summed E-state index contributed by atoms with van der Waals surface area (Å²) in [5, 5.41) is 3.03. The monoisotopic (exact) mass is 231 g/mol. The predicted octanol–water partition coefficient (Wildman–Crippen LogP) is 2.74. The van der Waals surface area contributed by atoms with Gasteiger partial charge in [-0.05, 0) is 27.2 Å². The van der Waals surface area contributed by atoms with Crippen molar-refractivity contribution in [3.05, 3.63) is 17.8 Å². The zero-order valence-corrected chi connectivity index (χ0v) is 9.85. The zero-order chi connectivity index (χ0) is 11.4. The number of halogens is 2. The van der Waals surface area contributed by atoms with Crippen molar-refractivity contribution >= 4 is 17.4 Å². The van der Waals surface area contributed by atoms with E-state index in [1.807, 2.05) is 13.8 Å². The highest BCUT2D eigenvalue weighted by atomic mass is 35.5. The van der Waals surface area contributed by atoms with Crippen LogP contribution in [0.4, 0.5) is 10.2 Å². The largest absolute Gasteiger partial charge is 0.365 e. The molecule has 1 rings (SSSR count). The molecule has 0 aliphatic rings. The Kier molecular flexibility index (Phi) is 4.27. The van der Waals surface area contributed by atoms with Crippen LogP contribution in [-0.4, -0.2) is 21.4 Å². The molecule has 84 valence electrons. The fourth-order valence-corrected chi connectivity index (χ4v) is 1.61. The summed E-state index contributed by atoms with van der Waals surface area (Å²) in [6, 6.07) is 0.0845. The Bertz CT molecular complexity index is 330. The lowest BCUT2D eigenvalue weighted by Crippen LogP contribution is -2.20. The second kappa shape index (κ2) is 5.26. The van der Waals surface area contributed by atoms with Crippen LogP contribution in [0, 0.1) is 12.7 Å². The fraction of sp³-hybridized carbons (Fsp3) is 0.600. The van der Waals surface area contributed by atoms with Gasteiger partial charge in [0.15, 0.2) is 11.6 Å². The van der Waals surface area contributed by atoms with Crippen LogP contribution in [0.3, 0.4) is 0 Å². The van der Waals surface area contributed by atoms with E-state index in [-0.39, 0.29) is 17.2 Å². The fourth-order valence-electron chi connectivity index (χ4n) is 1.34. The first kappa shape index (κ1) is 12.2. The Morgan fingerprint density at radius 1 is 1.47 bits per heavy atom. The standard InChI is InChI=1S/C10H15ClFN3/c1-6(11)4-7(2)15-10-9(12)8(3)13-5-14-10/h5-7H,4H2,1-3H3,(H,13,14,15). The summed E-state index contributed by atoms with van der Waals surface area (Å²) in [5.41, 5.74) is 0.346. The van der Waals surface area contributed by atoms with Crippen molar-refractivity contribution in [3.8, 4) is 0 Å². The number of nitrogens with one attached hydrogen (secondary N) is 1. The SMILES string of the molecule is Cc1ncnc(NC(C)CC(C)Cl)c1F. The highest BCUT2D eigenvalue weighted by Gasteiger charge is 2.11. The number of aromatic nitrogens is 2. The molecule has 0 aromatic carbocycles. The van der Waals surface area contributed by atoms with Crippen LogP contribution in [-0.2, 0) is 0 Å². The van der Waals surface area contributed by atoms with Crippen molar-refractivity contribution in [2.75, 3.05) is 5.32 Å². The molecule has 1 aromatic heterocycles. The van der Waals surface area contributed by atoms with Gasteiger partial charge >= 0.3 is 0 Å². The van der Waals surface area contributed by atoms with Crippen molar-refractivity contribution in [2.45, 2.75) is 38.6 Å². The molecular weight excluding hydrogens is 217 g/mol. The van der Waals surface area contributed by atoms with E-state index >= 15 is 0 Å². The van der Waals surface area contributed by atoms with E-state index in [0.29, 0.717) is 5.69 Å². The van der Waals surface area contributed by atoms with Crippen molar-refractivity contribution in [2.24, 2.45) is 0 Å². The molecule has 3 nitrogen and oxygen atoms in total. The van der Waals surface area contributed by atoms with E-state index in [2.05, 4.69) is 15.3 Å². The maximum absolute atomic E-state index is 13.5. The molecule has 1 heterocycles. The maximum atomic E-state index is 13.5. The minimum atomic E-state index is -0.397. The number of alkyl halides is 1. The second-order valence-electron chi connectivity index (χ2n) is 3.68. The molecule has 0 aliphatic heterocycles. The predicted molar refractivity (Wildman–Crippen MR) is 59.7 cm³/mol. The van der Waals surface area contributed by atoms with Crippen molar-refractivity contribution in [1.29, 1.82) is 0 Å². The maximum Gasteiger partial charge on any atom is 0.186 e. The van der Waals surface area contributed by atoms with Gasteiger partial charge in [0.2, 0.25) is 0 Å². The van der Waals surface area contributed by atoms with Crippen LogP contribution in [0.15, 0.2) is 6.33 Å². The minimum Gasteiger partial charge on any atom is -0.365 e. The van der Waals surface area contributed by atoms with Gasteiger partial charge in [-0.3, -0.25) is 0 Å². The summed E-state index contributed by atoms with van der Waals surface area (Å²) < 4.78 is 13.5. The summed E-state index contributed by atoms with van der Waals surface area (Å²) in [6.07, 6.45) is 2.10. The van der Waals surface area contributed by atoms with E-state index in [0.717, 1.165) is 6.42 Å². The second-order valence-corrected chi connectivity index (χ2v) is 4.43. The molecule has 0 saturated carbocycles. The molecule has 0 bridgehead atoms. The lowest BCUT2D eigenvalue weighted by atomic mass is 10.2. The van der Waals surface area contributed by atoms with E-state index in [9.17, 15) is 4.39 Å². The number of hydrogen-bond donors (Lipinski definition) is 1. The Morgan fingerprint density at radius 3 is 2.73 bits per heavy atom. The Labute approximate surface area is 94.1 Å². The number of nitrogens with zero attached hydrogens (tertiary/aromatic N) is 2. The molecule has 1 aromatic rings. The molecule has 15 heavy (non-hydrogen) atoms. The van der Waals surface area contributed by atoms with E-state index in [1.165, 1.54) is 6.33 Å². The van der Waals surface area contributed by atoms with Gasteiger partial charge < -0.3 is 5.32 Å². The highest BCUT2D eigenvalue weighted by molar-refractivity contribution is 6.20. The summed E-state index contributed by atoms with van der Waals surface area (Å²) >= 11 is 5.84.